The maximum Gasteiger partial charge on any atom is 0.258 e. The lowest BCUT2D eigenvalue weighted by molar-refractivity contribution is 0.0136. The molecule has 1 aliphatic rings. The van der Waals surface area contributed by atoms with Crippen LogP contribution < -0.4 is 5.32 Å². The molecule has 0 bridgehead atoms. The van der Waals surface area contributed by atoms with E-state index in [0.717, 1.165) is 6.07 Å². The van der Waals surface area contributed by atoms with Crippen LogP contribution in [0.1, 0.15) is 30.1 Å². The summed E-state index contributed by atoms with van der Waals surface area (Å²) in [7, 11) is 0. The third-order valence-corrected chi connectivity index (χ3v) is 3.04. The van der Waals surface area contributed by atoms with Crippen molar-refractivity contribution in [2.45, 2.75) is 31.9 Å². The molecule has 1 heterocycles. The molecule has 5 heteroatoms. The molecule has 2 rings (SSSR count). The van der Waals surface area contributed by atoms with Crippen LogP contribution >= 0.6 is 0 Å². The van der Waals surface area contributed by atoms with E-state index in [0.29, 0.717) is 19.4 Å². The quantitative estimate of drug-likeness (QED) is 0.845. The second kappa shape index (κ2) is 5.35. The Morgan fingerprint density at radius 1 is 1.56 bits per heavy atom. The fraction of sp³-hybridized carbons (Fsp3) is 0.462. The van der Waals surface area contributed by atoms with Crippen LogP contribution in [-0.2, 0) is 4.74 Å². The van der Waals surface area contributed by atoms with E-state index >= 15 is 0 Å². The first kappa shape index (κ1) is 12.8. The van der Waals surface area contributed by atoms with Crippen molar-refractivity contribution in [1.82, 2.24) is 5.32 Å². The molecule has 1 amide bonds. The average molecular weight is 253 g/mol. The van der Waals surface area contributed by atoms with E-state index in [-0.39, 0.29) is 23.5 Å². The zero-order valence-corrected chi connectivity index (χ0v) is 10.1. The maximum absolute atomic E-state index is 13.5. The van der Waals surface area contributed by atoms with Gasteiger partial charge in [0.05, 0.1) is 6.10 Å². The molecule has 2 N–H and O–H groups in total. The summed E-state index contributed by atoms with van der Waals surface area (Å²) < 4.78 is 18.9. The maximum atomic E-state index is 13.5. The van der Waals surface area contributed by atoms with E-state index in [4.69, 9.17) is 4.74 Å². The Morgan fingerprint density at radius 3 is 3.00 bits per heavy atom. The number of carbonyl (C=O) groups excluding carboxylic acids is 1. The number of aromatic hydroxyl groups is 1. The van der Waals surface area contributed by atoms with Crippen LogP contribution in [0.5, 0.6) is 5.75 Å². The Kier molecular flexibility index (Phi) is 3.81. The molecule has 0 aliphatic carbocycles. The van der Waals surface area contributed by atoms with Gasteiger partial charge in [0, 0.05) is 12.6 Å². The summed E-state index contributed by atoms with van der Waals surface area (Å²) in [5.41, 5.74) is -0.295. The molecule has 98 valence electrons. The molecule has 0 saturated carbocycles. The van der Waals surface area contributed by atoms with E-state index in [2.05, 4.69) is 5.32 Å². The minimum Gasteiger partial charge on any atom is -0.507 e. The molecule has 1 aliphatic heterocycles. The highest BCUT2D eigenvalue weighted by Crippen LogP contribution is 2.21. The standard InChI is InChI=1S/C13H16FNO3/c1-8-7-9(5-6-18-8)15-13(17)12-10(14)3-2-4-11(12)16/h2-4,8-9,16H,5-7H2,1H3,(H,15,17). The fourth-order valence-electron chi connectivity index (χ4n) is 2.12. The van der Waals surface area contributed by atoms with Crippen molar-refractivity contribution in [3.05, 3.63) is 29.6 Å². The van der Waals surface area contributed by atoms with Crippen molar-refractivity contribution in [3.8, 4) is 5.75 Å². The smallest absolute Gasteiger partial charge is 0.258 e. The topological polar surface area (TPSA) is 58.6 Å². The molecule has 0 aromatic heterocycles. The zero-order valence-electron chi connectivity index (χ0n) is 10.1. The van der Waals surface area contributed by atoms with Crippen molar-refractivity contribution < 1.29 is 19.0 Å². The van der Waals surface area contributed by atoms with Crippen molar-refractivity contribution in [2.24, 2.45) is 0 Å². The summed E-state index contributed by atoms with van der Waals surface area (Å²) in [6.45, 7) is 2.51. The van der Waals surface area contributed by atoms with Gasteiger partial charge < -0.3 is 15.2 Å². The predicted molar refractivity (Wildman–Crippen MR) is 64.0 cm³/mol. The molecule has 1 aromatic carbocycles. The monoisotopic (exact) mass is 253 g/mol. The van der Waals surface area contributed by atoms with Crippen molar-refractivity contribution in [3.63, 3.8) is 0 Å². The third kappa shape index (κ3) is 2.79. The lowest BCUT2D eigenvalue weighted by Gasteiger charge is -2.28. The average Bonchev–Trinajstić information content (AvgIpc) is 2.28. The van der Waals surface area contributed by atoms with E-state index in [9.17, 15) is 14.3 Å². The van der Waals surface area contributed by atoms with Gasteiger partial charge in [-0.25, -0.2) is 4.39 Å². The molecule has 1 fully saturated rings. The van der Waals surface area contributed by atoms with E-state index in [1.165, 1.54) is 12.1 Å². The minimum absolute atomic E-state index is 0.0414. The molecule has 18 heavy (non-hydrogen) atoms. The fourth-order valence-corrected chi connectivity index (χ4v) is 2.12. The first-order valence-electron chi connectivity index (χ1n) is 5.98. The number of phenols is 1. The summed E-state index contributed by atoms with van der Waals surface area (Å²) >= 11 is 0. The number of amides is 1. The van der Waals surface area contributed by atoms with Crippen LogP contribution in [0.4, 0.5) is 4.39 Å². The van der Waals surface area contributed by atoms with Gasteiger partial charge in [0.2, 0.25) is 0 Å². The summed E-state index contributed by atoms with van der Waals surface area (Å²) in [4.78, 5) is 11.9. The van der Waals surface area contributed by atoms with Gasteiger partial charge in [-0.2, -0.15) is 0 Å². The Labute approximate surface area is 105 Å². The number of benzene rings is 1. The van der Waals surface area contributed by atoms with E-state index < -0.39 is 11.7 Å². The van der Waals surface area contributed by atoms with Gasteiger partial charge in [-0.15, -0.1) is 0 Å². The van der Waals surface area contributed by atoms with E-state index in [1.807, 2.05) is 6.92 Å². The number of ether oxygens (including phenoxy) is 1. The second-order valence-electron chi connectivity index (χ2n) is 4.51. The minimum atomic E-state index is -0.715. The van der Waals surface area contributed by atoms with Crippen molar-refractivity contribution in [1.29, 1.82) is 0 Å². The van der Waals surface area contributed by atoms with Crippen LogP contribution in [0.15, 0.2) is 18.2 Å². The van der Waals surface area contributed by atoms with Gasteiger partial charge in [-0.05, 0) is 31.9 Å². The zero-order chi connectivity index (χ0) is 13.1. The van der Waals surface area contributed by atoms with Crippen LogP contribution in [-0.4, -0.2) is 29.8 Å². The number of rotatable bonds is 2. The lowest BCUT2D eigenvalue weighted by atomic mass is 10.0. The van der Waals surface area contributed by atoms with Crippen LogP contribution in [0, 0.1) is 5.82 Å². The highest BCUT2D eigenvalue weighted by Gasteiger charge is 2.24. The normalized spacial score (nSPS) is 23.7. The number of hydrogen-bond acceptors (Lipinski definition) is 3. The van der Waals surface area contributed by atoms with Crippen molar-refractivity contribution in [2.75, 3.05) is 6.61 Å². The van der Waals surface area contributed by atoms with Crippen LogP contribution in [0.3, 0.4) is 0 Å². The first-order valence-corrected chi connectivity index (χ1v) is 5.98. The highest BCUT2D eigenvalue weighted by molar-refractivity contribution is 5.97. The lowest BCUT2D eigenvalue weighted by Crippen LogP contribution is -2.41. The SMILES string of the molecule is CC1CC(NC(=O)c2c(O)cccc2F)CCO1. The molecular weight excluding hydrogens is 237 g/mol. The highest BCUT2D eigenvalue weighted by atomic mass is 19.1. The Morgan fingerprint density at radius 2 is 2.33 bits per heavy atom. The first-order chi connectivity index (χ1) is 8.58. The Balaban J connectivity index is 2.07. The molecule has 1 saturated heterocycles. The van der Waals surface area contributed by atoms with Gasteiger partial charge in [0.1, 0.15) is 17.1 Å². The number of halogens is 1. The Hall–Kier alpha value is -1.62. The van der Waals surface area contributed by atoms with Crippen LogP contribution in [0.25, 0.3) is 0 Å². The van der Waals surface area contributed by atoms with Crippen LogP contribution in [0.2, 0.25) is 0 Å². The summed E-state index contributed by atoms with van der Waals surface area (Å²) in [5.74, 6) is -1.63. The van der Waals surface area contributed by atoms with E-state index in [1.54, 1.807) is 0 Å². The largest absolute Gasteiger partial charge is 0.507 e. The number of phenolic OH excluding ortho intramolecular Hbond substituents is 1. The summed E-state index contributed by atoms with van der Waals surface area (Å²) in [6, 6.07) is 3.77. The van der Waals surface area contributed by atoms with Gasteiger partial charge in [0.15, 0.2) is 0 Å². The van der Waals surface area contributed by atoms with Gasteiger partial charge in [0.25, 0.3) is 5.91 Å². The second-order valence-corrected chi connectivity index (χ2v) is 4.51. The molecule has 2 unspecified atom stereocenters. The van der Waals surface area contributed by atoms with Gasteiger partial charge in [-0.3, -0.25) is 4.79 Å². The molecule has 0 spiro atoms. The summed E-state index contributed by atoms with van der Waals surface area (Å²) in [5, 5.41) is 12.2. The molecule has 0 radical (unpaired) electrons. The summed E-state index contributed by atoms with van der Waals surface area (Å²) in [6.07, 6.45) is 1.48. The predicted octanol–water partition coefficient (Wildman–Crippen LogP) is 1.83. The molecule has 1 aromatic rings. The number of nitrogens with one attached hydrogen (secondary N) is 1. The molecule has 2 atom stereocenters. The van der Waals surface area contributed by atoms with Gasteiger partial charge in [-0.1, -0.05) is 6.07 Å². The molecule has 4 nitrogen and oxygen atoms in total. The molecular formula is C13H16FNO3. The van der Waals surface area contributed by atoms with Gasteiger partial charge >= 0.3 is 0 Å². The number of hydrogen-bond donors (Lipinski definition) is 2. The van der Waals surface area contributed by atoms with Crippen molar-refractivity contribution >= 4 is 5.91 Å². The number of carbonyl (C=O) groups is 1. The third-order valence-electron chi connectivity index (χ3n) is 3.04. The Bertz CT molecular complexity index is 430.